The number of pyridine rings is 2. The Hall–Kier alpha value is -3.67. The van der Waals surface area contributed by atoms with Crippen molar-refractivity contribution in [1.29, 1.82) is 0 Å². The summed E-state index contributed by atoms with van der Waals surface area (Å²) < 4.78 is 27.6. The van der Waals surface area contributed by atoms with Crippen LogP contribution in [0.25, 0.3) is 22.2 Å². The van der Waals surface area contributed by atoms with Gasteiger partial charge in [-0.3, -0.25) is 9.78 Å². The number of aromatic nitrogens is 2. The molecule has 1 atom stereocenters. The Morgan fingerprint density at radius 2 is 1.76 bits per heavy atom. The predicted octanol–water partition coefficient (Wildman–Crippen LogP) is 5.07. The van der Waals surface area contributed by atoms with Gasteiger partial charge < -0.3 is 5.32 Å². The second-order valence-electron chi connectivity index (χ2n) is 6.67. The van der Waals surface area contributed by atoms with E-state index in [9.17, 15) is 13.6 Å². The lowest BCUT2D eigenvalue weighted by atomic mass is 10.0. The van der Waals surface area contributed by atoms with E-state index >= 15 is 0 Å². The second-order valence-corrected chi connectivity index (χ2v) is 6.67. The Kier molecular flexibility index (Phi) is 4.99. The molecule has 29 heavy (non-hydrogen) atoms. The zero-order valence-electron chi connectivity index (χ0n) is 15.6. The highest BCUT2D eigenvalue weighted by atomic mass is 19.1. The van der Waals surface area contributed by atoms with E-state index < -0.39 is 23.6 Å². The maximum Gasteiger partial charge on any atom is 0.252 e. The molecular weight excluding hydrogens is 372 g/mol. The van der Waals surface area contributed by atoms with Crippen molar-refractivity contribution in [1.82, 2.24) is 15.3 Å². The Bertz CT molecular complexity index is 1200. The van der Waals surface area contributed by atoms with E-state index in [0.717, 1.165) is 23.8 Å². The molecule has 1 unspecified atom stereocenters. The summed E-state index contributed by atoms with van der Waals surface area (Å²) in [7, 11) is 0. The van der Waals surface area contributed by atoms with E-state index in [4.69, 9.17) is 0 Å². The normalized spacial score (nSPS) is 12.0. The third kappa shape index (κ3) is 3.82. The van der Waals surface area contributed by atoms with Crippen LogP contribution in [0.5, 0.6) is 0 Å². The number of nitrogens with one attached hydrogen (secondary N) is 1. The summed E-state index contributed by atoms with van der Waals surface area (Å²) in [5.41, 5.74) is 2.61. The minimum Gasteiger partial charge on any atom is -0.345 e. The second kappa shape index (κ2) is 7.75. The standard InChI is InChI=1S/C23H17F2N3O/c1-14(18-12-16(24)6-7-20(18)25)27-23(29)19-13-22(15-8-10-26-11-9-15)28-21-5-3-2-4-17(19)21/h2-14H,1H3,(H,27,29). The highest BCUT2D eigenvalue weighted by Crippen LogP contribution is 2.25. The van der Waals surface area contributed by atoms with Crippen LogP contribution in [-0.4, -0.2) is 15.9 Å². The number of carbonyl (C=O) groups excluding carboxylic acids is 1. The summed E-state index contributed by atoms with van der Waals surface area (Å²) in [6.45, 7) is 1.61. The van der Waals surface area contributed by atoms with Gasteiger partial charge in [0.1, 0.15) is 11.6 Å². The van der Waals surface area contributed by atoms with Gasteiger partial charge in [-0.25, -0.2) is 13.8 Å². The van der Waals surface area contributed by atoms with Gasteiger partial charge in [-0.1, -0.05) is 18.2 Å². The van der Waals surface area contributed by atoms with Crippen molar-refractivity contribution in [2.24, 2.45) is 0 Å². The molecule has 1 N–H and O–H groups in total. The monoisotopic (exact) mass is 389 g/mol. The first-order valence-electron chi connectivity index (χ1n) is 9.09. The number of para-hydroxylation sites is 1. The zero-order valence-corrected chi connectivity index (χ0v) is 15.6. The fraction of sp³-hybridized carbons (Fsp3) is 0.0870. The van der Waals surface area contributed by atoms with Gasteiger partial charge in [0.05, 0.1) is 22.8 Å². The SMILES string of the molecule is CC(NC(=O)c1cc(-c2ccncc2)nc2ccccc12)c1cc(F)ccc1F. The van der Waals surface area contributed by atoms with Gasteiger partial charge in [0.25, 0.3) is 5.91 Å². The minimum absolute atomic E-state index is 0.0890. The van der Waals surface area contributed by atoms with Crippen LogP contribution < -0.4 is 5.32 Å². The molecule has 0 spiro atoms. The lowest BCUT2D eigenvalue weighted by Crippen LogP contribution is -2.27. The average Bonchev–Trinajstić information content (AvgIpc) is 2.75. The molecule has 144 valence electrons. The quantitative estimate of drug-likeness (QED) is 0.530. The van der Waals surface area contributed by atoms with E-state index in [1.165, 1.54) is 0 Å². The lowest BCUT2D eigenvalue weighted by Gasteiger charge is -2.17. The predicted molar refractivity (Wildman–Crippen MR) is 107 cm³/mol. The van der Waals surface area contributed by atoms with Gasteiger partial charge in [-0.2, -0.15) is 0 Å². The van der Waals surface area contributed by atoms with Crippen LogP contribution in [0.15, 0.2) is 73.1 Å². The number of nitrogens with zero attached hydrogens (tertiary/aromatic N) is 2. The van der Waals surface area contributed by atoms with Crippen molar-refractivity contribution in [3.8, 4) is 11.3 Å². The molecule has 2 heterocycles. The summed E-state index contributed by atoms with van der Waals surface area (Å²) >= 11 is 0. The molecule has 2 aromatic heterocycles. The number of halogens is 2. The molecule has 0 bridgehead atoms. The Balaban J connectivity index is 1.74. The number of hydrogen-bond acceptors (Lipinski definition) is 3. The van der Waals surface area contributed by atoms with Gasteiger partial charge in [0, 0.05) is 28.9 Å². The van der Waals surface area contributed by atoms with Crippen molar-refractivity contribution in [3.05, 3.63) is 95.8 Å². The summed E-state index contributed by atoms with van der Waals surface area (Å²) in [5, 5.41) is 3.44. The van der Waals surface area contributed by atoms with E-state index in [-0.39, 0.29) is 5.56 Å². The average molecular weight is 389 g/mol. The van der Waals surface area contributed by atoms with Crippen LogP contribution in [-0.2, 0) is 0 Å². The van der Waals surface area contributed by atoms with Crippen LogP contribution in [0.4, 0.5) is 8.78 Å². The fourth-order valence-electron chi connectivity index (χ4n) is 3.23. The van der Waals surface area contributed by atoms with Crippen molar-refractivity contribution in [3.63, 3.8) is 0 Å². The van der Waals surface area contributed by atoms with E-state index in [2.05, 4.69) is 15.3 Å². The first kappa shape index (κ1) is 18.7. The molecule has 0 aliphatic rings. The van der Waals surface area contributed by atoms with Crippen molar-refractivity contribution in [2.45, 2.75) is 13.0 Å². The maximum atomic E-state index is 14.1. The molecule has 6 heteroatoms. The number of rotatable bonds is 4. The van der Waals surface area contributed by atoms with E-state index in [1.807, 2.05) is 30.3 Å². The van der Waals surface area contributed by atoms with Crippen LogP contribution in [0, 0.1) is 11.6 Å². The van der Waals surface area contributed by atoms with Crippen molar-refractivity contribution < 1.29 is 13.6 Å². The molecule has 4 aromatic rings. The van der Waals surface area contributed by atoms with Crippen LogP contribution in [0.2, 0.25) is 0 Å². The van der Waals surface area contributed by atoms with Crippen molar-refractivity contribution >= 4 is 16.8 Å². The molecule has 0 aliphatic heterocycles. The van der Waals surface area contributed by atoms with E-state index in [1.54, 1.807) is 31.5 Å². The number of carbonyl (C=O) groups is 1. The molecule has 2 aromatic carbocycles. The number of amides is 1. The minimum atomic E-state index is -0.713. The van der Waals surface area contributed by atoms with Gasteiger partial charge in [0.15, 0.2) is 0 Å². The highest BCUT2D eigenvalue weighted by Gasteiger charge is 2.18. The van der Waals surface area contributed by atoms with Crippen LogP contribution in [0.3, 0.4) is 0 Å². The van der Waals surface area contributed by atoms with E-state index in [0.29, 0.717) is 22.2 Å². The fourth-order valence-corrected chi connectivity index (χ4v) is 3.23. The Morgan fingerprint density at radius 1 is 1.00 bits per heavy atom. The Labute approximate surface area is 166 Å². The number of hydrogen-bond donors (Lipinski definition) is 1. The lowest BCUT2D eigenvalue weighted by molar-refractivity contribution is 0.0941. The molecular formula is C23H17F2N3O. The topological polar surface area (TPSA) is 54.9 Å². The summed E-state index contributed by atoms with van der Waals surface area (Å²) in [6.07, 6.45) is 3.31. The molecule has 0 saturated heterocycles. The van der Waals surface area contributed by atoms with Gasteiger partial charge in [-0.05, 0) is 49.4 Å². The summed E-state index contributed by atoms with van der Waals surface area (Å²) in [5.74, 6) is -1.52. The third-order valence-corrected chi connectivity index (χ3v) is 4.71. The molecule has 4 rings (SSSR count). The first-order valence-corrected chi connectivity index (χ1v) is 9.09. The molecule has 0 aliphatic carbocycles. The molecule has 0 fully saturated rings. The van der Waals surface area contributed by atoms with Gasteiger partial charge in [-0.15, -0.1) is 0 Å². The van der Waals surface area contributed by atoms with Crippen LogP contribution in [0.1, 0.15) is 28.9 Å². The highest BCUT2D eigenvalue weighted by molar-refractivity contribution is 6.07. The molecule has 0 saturated carbocycles. The molecule has 1 amide bonds. The molecule has 4 nitrogen and oxygen atoms in total. The third-order valence-electron chi connectivity index (χ3n) is 4.71. The number of fused-ring (bicyclic) bond motifs is 1. The molecule has 0 radical (unpaired) electrons. The van der Waals surface area contributed by atoms with Crippen LogP contribution >= 0.6 is 0 Å². The summed E-state index contributed by atoms with van der Waals surface area (Å²) in [4.78, 5) is 21.7. The number of benzene rings is 2. The Morgan fingerprint density at radius 3 is 2.55 bits per heavy atom. The van der Waals surface area contributed by atoms with Crippen molar-refractivity contribution in [2.75, 3.05) is 0 Å². The maximum absolute atomic E-state index is 14.1. The smallest absolute Gasteiger partial charge is 0.252 e. The largest absolute Gasteiger partial charge is 0.345 e. The van der Waals surface area contributed by atoms with Gasteiger partial charge >= 0.3 is 0 Å². The zero-order chi connectivity index (χ0) is 20.4. The van der Waals surface area contributed by atoms with Gasteiger partial charge in [0.2, 0.25) is 0 Å². The first-order chi connectivity index (χ1) is 14.0. The summed E-state index contributed by atoms with van der Waals surface area (Å²) in [6, 6.07) is 15.1.